The largest absolute Gasteiger partial charge is 0.316 e. The van der Waals surface area contributed by atoms with E-state index in [2.05, 4.69) is 23.9 Å². The molecule has 0 amide bonds. The summed E-state index contributed by atoms with van der Waals surface area (Å²) in [5.41, 5.74) is 1.03. The molecule has 118 valence electrons. The van der Waals surface area contributed by atoms with Gasteiger partial charge in [-0.3, -0.25) is 0 Å². The molecule has 2 N–H and O–H groups in total. The molecule has 4 nitrogen and oxygen atoms in total. The van der Waals surface area contributed by atoms with Gasteiger partial charge in [-0.05, 0) is 43.4 Å². The molecule has 0 radical (unpaired) electrons. The molecule has 1 aromatic rings. The lowest BCUT2D eigenvalue weighted by Crippen LogP contribution is -2.40. The number of sulfonamides is 1. The first kappa shape index (κ1) is 16.5. The normalized spacial score (nSPS) is 22.1. The molecule has 1 saturated carbocycles. The van der Waals surface area contributed by atoms with Crippen molar-refractivity contribution in [3.8, 4) is 0 Å². The van der Waals surface area contributed by atoms with Gasteiger partial charge in [-0.2, -0.15) is 0 Å². The molecular formula is C16H26N2O2S. The van der Waals surface area contributed by atoms with Crippen LogP contribution >= 0.6 is 0 Å². The summed E-state index contributed by atoms with van der Waals surface area (Å²) in [6, 6.07) is 7.23. The van der Waals surface area contributed by atoms with Gasteiger partial charge in [-0.15, -0.1) is 0 Å². The lowest BCUT2D eigenvalue weighted by Gasteiger charge is -2.35. The molecule has 0 aromatic heterocycles. The zero-order valence-corrected chi connectivity index (χ0v) is 14.0. The van der Waals surface area contributed by atoms with E-state index in [-0.39, 0.29) is 11.5 Å². The maximum absolute atomic E-state index is 12.7. The van der Waals surface area contributed by atoms with Crippen molar-refractivity contribution in [3.05, 3.63) is 29.8 Å². The first-order valence-electron chi connectivity index (χ1n) is 7.59. The minimum atomic E-state index is -3.45. The van der Waals surface area contributed by atoms with Crippen molar-refractivity contribution in [1.82, 2.24) is 10.0 Å². The van der Waals surface area contributed by atoms with Crippen molar-refractivity contribution >= 4 is 10.0 Å². The van der Waals surface area contributed by atoms with Gasteiger partial charge in [0.15, 0.2) is 0 Å². The summed E-state index contributed by atoms with van der Waals surface area (Å²) in [6.45, 7) is 4.97. The van der Waals surface area contributed by atoms with E-state index >= 15 is 0 Å². The number of nitrogens with one attached hydrogen (secondary N) is 2. The van der Waals surface area contributed by atoms with Crippen LogP contribution in [0.2, 0.25) is 0 Å². The van der Waals surface area contributed by atoms with E-state index in [0.29, 0.717) is 11.4 Å². The predicted molar refractivity (Wildman–Crippen MR) is 85.6 cm³/mol. The quantitative estimate of drug-likeness (QED) is 0.879. The fourth-order valence-corrected chi connectivity index (χ4v) is 4.69. The summed E-state index contributed by atoms with van der Waals surface area (Å²) < 4.78 is 28.2. The molecule has 0 spiro atoms. The monoisotopic (exact) mass is 310 g/mol. The van der Waals surface area contributed by atoms with Crippen LogP contribution in [0.3, 0.4) is 0 Å². The van der Waals surface area contributed by atoms with Gasteiger partial charge in [-0.1, -0.05) is 38.5 Å². The molecule has 5 heteroatoms. The van der Waals surface area contributed by atoms with E-state index in [9.17, 15) is 8.42 Å². The van der Waals surface area contributed by atoms with Crippen molar-refractivity contribution in [2.75, 3.05) is 7.05 Å². The molecule has 21 heavy (non-hydrogen) atoms. The number of rotatable bonds is 5. The third kappa shape index (κ3) is 4.28. The SMILES string of the molecule is CNCc1ccccc1S(=O)(=O)NC1CCCC(C)(C)C1. The fourth-order valence-electron chi connectivity index (χ4n) is 3.18. The van der Waals surface area contributed by atoms with Gasteiger partial charge in [0, 0.05) is 12.6 Å². The Hall–Kier alpha value is -0.910. The average Bonchev–Trinajstić information content (AvgIpc) is 2.38. The lowest BCUT2D eigenvalue weighted by atomic mass is 9.75. The Morgan fingerprint density at radius 1 is 1.29 bits per heavy atom. The zero-order chi connectivity index (χ0) is 15.5. The second kappa shape index (κ2) is 6.46. The summed E-state index contributed by atoms with van der Waals surface area (Å²) >= 11 is 0. The summed E-state index contributed by atoms with van der Waals surface area (Å²) in [7, 11) is -1.63. The van der Waals surface area contributed by atoms with Crippen molar-refractivity contribution in [1.29, 1.82) is 0 Å². The Labute approximate surface area is 128 Å². The Balaban J connectivity index is 2.19. The number of hydrogen-bond acceptors (Lipinski definition) is 3. The summed E-state index contributed by atoms with van der Waals surface area (Å²) in [5.74, 6) is 0. The smallest absolute Gasteiger partial charge is 0.241 e. The Morgan fingerprint density at radius 2 is 2.00 bits per heavy atom. The Morgan fingerprint density at radius 3 is 2.67 bits per heavy atom. The van der Waals surface area contributed by atoms with Crippen molar-refractivity contribution in [2.45, 2.75) is 57.0 Å². The predicted octanol–water partition coefficient (Wildman–Crippen LogP) is 2.65. The highest BCUT2D eigenvalue weighted by molar-refractivity contribution is 7.89. The summed E-state index contributed by atoms with van der Waals surface area (Å²) in [5, 5.41) is 3.02. The maximum Gasteiger partial charge on any atom is 0.241 e. The van der Waals surface area contributed by atoms with Crippen LogP contribution in [-0.2, 0) is 16.6 Å². The van der Waals surface area contributed by atoms with E-state index in [1.54, 1.807) is 12.1 Å². The second-order valence-corrected chi connectivity index (χ2v) is 8.40. The van der Waals surface area contributed by atoms with Crippen LogP contribution in [0.1, 0.15) is 45.1 Å². The van der Waals surface area contributed by atoms with Crippen LogP contribution in [0.25, 0.3) is 0 Å². The highest BCUT2D eigenvalue weighted by Crippen LogP contribution is 2.35. The van der Waals surface area contributed by atoms with E-state index < -0.39 is 10.0 Å². The lowest BCUT2D eigenvalue weighted by molar-refractivity contribution is 0.212. The summed E-state index contributed by atoms with van der Waals surface area (Å²) in [4.78, 5) is 0.391. The maximum atomic E-state index is 12.7. The number of hydrogen-bond donors (Lipinski definition) is 2. The van der Waals surface area contributed by atoms with E-state index in [0.717, 1.165) is 24.8 Å². The van der Waals surface area contributed by atoms with Crippen molar-refractivity contribution in [3.63, 3.8) is 0 Å². The fraction of sp³-hybridized carbons (Fsp3) is 0.625. The van der Waals surface area contributed by atoms with Gasteiger partial charge in [0.2, 0.25) is 10.0 Å². The van der Waals surface area contributed by atoms with Gasteiger partial charge in [0.25, 0.3) is 0 Å². The van der Waals surface area contributed by atoms with Gasteiger partial charge in [0.1, 0.15) is 0 Å². The van der Waals surface area contributed by atoms with Crippen molar-refractivity contribution in [2.24, 2.45) is 5.41 Å². The molecule has 1 atom stereocenters. The molecular weight excluding hydrogens is 284 g/mol. The molecule has 0 saturated heterocycles. The second-order valence-electron chi connectivity index (χ2n) is 6.72. The molecule has 0 bridgehead atoms. The summed E-state index contributed by atoms with van der Waals surface area (Å²) in [6.07, 6.45) is 4.08. The molecule has 1 fully saturated rings. The molecule has 0 aliphatic heterocycles. The minimum absolute atomic E-state index is 0.0430. The molecule has 2 rings (SSSR count). The molecule has 1 unspecified atom stereocenters. The van der Waals surface area contributed by atoms with Crippen LogP contribution in [0.4, 0.5) is 0 Å². The average molecular weight is 310 g/mol. The third-order valence-electron chi connectivity index (χ3n) is 4.16. The first-order chi connectivity index (χ1) is 9.84. The molecule has 1 aromatic carbocycles. The van der Waals surface area contributed by atoms with Crippen LogP contribution in [0, 0.1) is 5.41 Å². The van der Waals surface area contributed by atoms with E-state index in [4.69, 9.17) is 0 Å². The van der Waals surface area contributed by atoms with Crippen molar-refractivity contribution < 1.29 is 8.42 Å². The van der Waals surface area contributed by atoms with E-state index in [1.807, 2.05) is 19.2 Å². The highest BCUT2D eigenvalue weighted by Gasteiger charge is 2.31. The standard InChI is InChI=1S/C16H26N2O2S/c1-16(2)10-6-8-14(11-16)18-21(19,20)15-9-5-4-7-13(15)12-17-3/h4-5,7,9,14,17-18H,6,8,10-12H2,1-3H3. The van der Waals surface area contributed by atoms with Gasteiger partial charge >= 0.3 is 0 Å². The van der Waals surface area contributed by atoms with Gasteiger partial charge in [-0.25, -0.2) is 13.1 Å². The van der Waals surface area contributed by atoms with Crippen LogP contribution < -0.4 is 10.0 Å². The molecule has 0 heterocycles. The Kier molecular flexibility index (Phi) is 5.07. The third-order valence-corrected chi connectivity index (χ3v) is 5.78. The minimum Gasteiger partial charge on any atom is -0.316 e. The van der Waals surface area contributed by atoms with Crippen LogP contribution in [0.5, 0.6) is 0 Å². The van der Waals surface area contributed by atoms with Crippen LogP contribution in [-0.4, -0.2) is 21.5 Å². The first-order valence-corrected chi connectivity index (χ1v) is 9.07. The van der Waals surface area contributed by atoms with Gasteiger partial charge in [0.05, 0.1) is 4.90 Å². The topological polar surface area (TPSA) is 58.2 Å². The van der Waals surface area contributed by atoms with Gasteiger partial charge < -0.3 is 5.32 Å². The zero-order valence-electron chi connectivity index (χ0n) is 13.1. The number of benzene rings is 1. The Bertz CT molecular complexity index is 582. The molecule has 1 aliphatic rings. The highest BCUT2D eigenvalue weighted by atomic mass is 32.2. The van der Waals surface area contributed by atoms with Crippen LogP contribution in [0.15, 0.2) is 29.2 Å². The van der Waals surface area contributed by atoms with E-state index in [1.165, 1.54) is 6.42 Å². The molecule has 1 aliphatic carbocycles.